The van der Waals surface area contributed by atoms with Crippen LogP contribution >= 0.6 is 0 Å². The Kier molecular flexibility index (Phi) is 7.01. The van der Waals surface area contributed by atoms with Crippen molar-refractivity contribution in [3.8, 4) is 79.7 Å². The molecule has 0 saturated carbocycles. The lowest BCUT2D eigenvalue weighted by Gasteiger charge is -2.13. The van der Waals surface area contributed by atoms with Crippen LogP contribution in [0, 0.1) is 0 Å². The first-order valence-corrected chi connectivity index (χ1v) is 17.4. The van der Waals surface area contributed by atoms with Crippen LogP contribution in [0.15, 0.2) is 144 Å². The first kappa shape index (κ1) is 31.9. The van der Waals surface area contributed by atoms with E-state index in [4.69, 9.17) is 9.40 Å². The molecule has 10 nitrogen and oxygen atoms in total. The SMILES string of the molecule is Oc1c(O)c(O)c(-c2nc(-c3ccccc3)nc(-c3cccc4c3oc3cccc(-n5c6ccccc6c6cccc(-c7ccccc7)c65)c34)n2)c(O)c1O. The summed E-state index contributed by atoms with van der Waals surface area (Å²) < 4.78 is 8.98. The van der Waals surface area contributed by atoms with Crippen LogP contribution < -0.4 is 0 Å². The minimum Gasteiger partial charge on any atom is -0.504 e. The molecular weight excluding hydrogens is 693 g/mol. The number of fused-ring (bicyclic) bond motifs is 6. The number of hydrogen-bond donors (Lipinski definition) is 5. The van der Waals surface area contributed by atoms with Gasteiger partial charge in [-0.2, -0.15) is 0 Å². The number of para-hydroxylation sites is 3. The average molecular weight is 721 g/mol. The van der Waals surface area contributed by atoms with E-state index in [1.165, 1.54) is 0 Å². The number of nitrogens with zero attached hydrogens (tertiary/aromatic N) is 4. The first-order chi connectivity index (χ1) is 26.9. The lowest BCUT2D eigenvalue weighted by Crippen LogP contribution is -2.01. The van der Waals surface area contributed by atoms with Crippen LogP contribution in [0.1, 0.15) is 0 Å². The van der Waals surface area contributed by atoms with E-state index in [9.17, 15) is 25.5 Å². The Bertz CT molecular complexity index is 3130. The first-order valence-electron chi connectivity index (χ1n) is 17.4. The number of phenols is 5. The van der Waals surface area contributed by atoms with Crippen LogP contribution in [0.5, 0.6) is 28.7 Å². The van der Waals surface area contributed by atoms with Crippen molar-refractivity contribution in [1.29, 1.82) is 0 Å². The van der Waals surface area contributed by atoms with Gasteiger partial charge in [-0.1, -0.05) is 115 Å². The maximum absolute atomic E-state index is 10.9. The van der Waals surface area contributed by atoms with E-state index in [-0.39, 0.29) is 17.5 Å². The highest BCUT2D eigenvalue weighted by molar-refractivity contribution is 6.18. The van der Waals surface area contributed by atoms with Crippen LogP contribution in [0.2, 0.25) is 0 Å². The molecule has 3 aromatic heterocycles. The topological polar surface area (TPSA) is 158 Å². The predicted molar refractivity (Wildman–Crippen MR) is 212 cm³/mol. The number of phenolic OH excluding ortho intramolecular Hbond substituents is 5. The zero-order chi connectivity index (χ0) is 37.4. The Hall–Kier alpha value is -7.85. The summed E-state index contributed by atoms with van der Waals surface area (Å²) in [6.07, 6.45) is 0. The van der Waals surface area contributed by atoms with Crippen molar-refractivity contribution in [3.05, 3.63) is 140 Å². The Morgan fingerprint density at radius 2 is 1.00 bits per heavy atom. The number of aromatic hydroxyl groups is 5. The molecule has 0 bridgehead atoms. The highest BCUT2D eigenvalue weighted by Gasteiger charge is 2.28. The van der Waals surface area contributed by atoms with Gasteiger partial charge in [-0.05, 0) is 29.8 Å². The molecule has 0 saturated heterocycles. The summed E-state index contributed by atoms with van der Waals surface area (Å²) in [5, 5.41) is 56.6. The Balaban J connectivity index is 1.26. The summed E-state index contributed by atoms with van der Waals surface area (Å²) in [5.74, 6) is -4.96. The minimum absolute atomic E-state index is 0.129. The van der Waals surface area contributed by atoms with Crippen molar-refractivity contribution in [3.63, 3.8) is 0 Å². The van der Waals surface area contributed by atoms with Crippen LogP contribution in [-0.2, 0) is 0 Å². The molecule has 10 rings (SSSR count). The number of hydrogen-bond acceptors (Lipinski definition) is 9. The molecule has 7 aromatic carbocycles. The van der Waals surface area contributed by atoms with Gasteiger partial charge >= 0.3 is 0 Å². The monoisotopic (exact) mass is 720 g/mol. The molecule has 0 aliphatic heterocycles. The molecule has 10 aromatic rings. The van der Waals surface area contributed by atoms with Crippen molar-refractivity contribution in [2.24, 2.45) is 0 Å². The highest BCUT2D eigenvalue weighted by atomic mass is 16.4. The second-order valence-electron chi connectivity index (χ2n) is 13.1. The molecule has 264 valence electrons. The van der Waals surface area contributed by atoms with Crippen molar-refractivity contribution in [2.75, 3.05) is 0 Å². The van der Waals surface area contributed by atoms with Gasteiger partial charge in [0.1, 0.15) is 16.7 Å². The number of aromatic nitrogens is 4. The summed E-state index contributed by atoms with van der Waals surface area (Å²) in [6.45, 7) is 0. The molecule has 0 radical (unpaired) electrons. The molecule has 0 aliphatic rings. The fraction of sp³-hybridized carbons (Fsp3) is 0. The molecule has 0 amide bonds. The summed E-state index contributed by atoms with van der Waals surface area (Å²) in [6, 6.07) is 45.7. The van der Waals surface area contributed by atoms with Gasteiger partial charge in [-0.3, -0.25) is 0 Å². The molecule has 0 atom stereocenters. The van der Waals surface area contributed by atoms with Crippen LogP contribution in [0.25, 0.3) is 94.7 Å². The third-order valence-corrected chi connectivity index (χ3v) is 10.0. The largest absolute Gasteiger partial charge is 0.504 e. The fourth-order valence-corrected chi connectivity index (χ4v) is 7.53. The van der Waals surface area contributed by atoms with E-state index in [1.807, 2.05) is 66.7 Å². The van der Waals surface area contributed by atoms with Gasteiger partial charge in [0.05, 0.1) is 27.7 Å². The molecule has 10 heteroatoms. The lowest BCUT2D eigenvalue weighted by molar-refractivity contribution is 0.329. The second kappa shape index (κ2) is 12.1. The molecule has 0 aliphatic carbocycles. The van der Waals surface area contributed by atoms with E-state index >= 15 is 0 Å². The summed E-state index contributed by atoms with van der Waals surface area (Å²) in [5.41, 5.74) is 6.88. The van der Waals surface area contributed by atoms with Crippen molar-refractivity contribution in [1.82, 2.24) is 19.5 Å². The molecule has 0 spiro atoms. The van der Waals surface area contributed by atoms with Crippen LogP contribution in [0.3, 0.4) is 0 Å². The van der Waals surface area contributed by atoms with Crippen molar-refractivity contribution >= 4 is 43.7 Å². The fourth-order valence-electron chi connectivity index (χ4n) is 7.53. The highest BCUT2D eigenvalue weighted by Crippen LogP contribution is 2.54. The third-order valence-electron chi connectivity index (χ3n) is 10.0. The van der Waals surface area contributed by atoms with Gasteiger partial charge < -0.3 is 34.5 Å². The summed E-state index contributed by atoms with van der Waals surface area (Å²) >= 11 is 0. The van der Waals surface area contributed by atoms with Gasteiger partial charge in [-0.15, -0.1) is 0 Å². The number of furan rings is 1. The predicted octanol–water partition coefficient (Wildman–Crippen LogP) is 10.1. The normalized spacial score (nSPS) is 11.6. The molecule has 0 fully saturated rings. The van der Waals surface area contributed by atoms with Crippen molar-refractivity contribution in [2.45, 2.75) is 0 Å². The van der Waals surface area contributed by atoms with E-state index in [0.29, 0.717) is 22.3 Å². The Morgan fingerprint density at radius 3 is 1.75 bits per heavy atom. The molecule has 3 heterocycles. The number of rotatable bonds is 5. The smallest absolute Gasteiger partial charge is 0.208 e. The zero-order valence-corrected chi connectivity index (χ0v) is 28.7. The summed E-state index contributed by atoms with van der Waals surface area (Å²) in [4.78, 5) is 14.0. The quantitative estimate of drug-likeness (QED) is 0.0862. The maximum Gasteiger partial charge on any atom is 0.208 e. The van der Waals surface area contributed by atoms with Crippen LogP contribution in [0.4, 0.5) is 0 Å². The van der Waals surface area contributed by atoms with E-state index in [1.54, 1.807) is 18.2 Å². The molecular formula is C45H28N4O6. The maximum atomic E-state index is 10.9. The van der Waals surface area contributed by atoms with E-state index < -0.39 is 34.3 Å². The van der Waals surface area contributed by atoms with Gasteiger partial charge in [0.15, 0.2) is 29.0 Å². The standard InChI is InChI=1S/C45H28N4O6/c50-37-35(38(51)40(53)41(54)39(37)52)45-47-43(25-14-5-2-6-15-25)46-44(48-45)30-20-10-19-29-34-32(22-11-23-33(34)55-42(29)30)49-31-21-8-7-16-27(31)28-18-9-17-26(36(28)49)24-12-3-1-4-13-24/h1-23,50-54H. The second-order valence-corrected chi connectivity index (χ2v) is 13.1. The van der Waals surface area contributed by atoms with Gasteiger partial charge in [0.2, 0.25) is 17.2 Å². The van der Waals surface area contributed by atoms with Crippen molar-refractivity contribution < 1.29 is 29.9 Å². The van der Waals surface area contributed by atoms with Crippen LogP contribution in [-0.4, -0.2) is 45.1 Å². The number of benzene rings is 7. The Labute approximate surface area is 311 Å². The summed E-state index contributed by atoms with van der Waals surface area (Å²) in [7, 11) is 0. The lowest BCUT2D eigenvalue weighted by atomic mass is 10.0. The van der Waals surface area contributed by atoms with E-state index in [0.717, 1.165) is 49.4 Å². The third kappa shape index (κ3) is 4.78. The minimum atomic E-state index is -1.08. The molecule has 0 unspecified atom stereocenters. The van der Waals surface area contributed by atoms with Gasteiger partial charge in [0.25, 0.3) is 0 Å². The van der Waals surface area contributed by atoms with Gasteiger partial charge in [0, 0.05) is 27.3 Å². The molecule has 5 N–H and O–H groups in total. The Morgan fingerprint density at radius 1 is 0.436 bits per heavy atom. The zero-order valence-electron chi connectivity index (χ0n) is 28.7. The average Bonchev–Trinajstić information content (AvgIpc) is 3.79. The van der Waals surface area contributed by atoms with E-state index in [2.05, 4.69) is 69.1 Å². The molecule has 55 heavy (non-hydrogen) atoms. The van der Waals surface area contributed by atoms with Gasteiger partial charge in [-0.25, -0.2) is 15.0 Å².